The van der Waals surface area contributed by atoms with Gasteiger partial charge in [0, 0.05) is 11.6 Å². The van der Waals surface area contributed by atoms with Crippen molar-refractivity contribution in [1.82, 2.24) is 0 Å². The van der Waals surface area contributed by atoms with Crippen LogP contribution in [0.5, 0.6) is 11.5 Å². The minimum Gasteiger partial charge on any atom is -0.450 e. The summed E-state index contributed by atoms with van der Waals surface area (Å²) in [7, 11) is 0. The zero-order valence-corrected chi connectivity index (χ0v) is 11.1. The molecule has 0 atom stereocenters. The van der Waals surface area contributed by atoms with Gasteiger partial charge in [-0.25, -0.2) is 0 Å². The van der Waals surface area contributed by atoms with Crippen LogP contribution in [0.15, 0.2) is 36.4 Å². The number of rotatable bonds is 4. The predicted octanol–water partition coefficient (Wildman–Crippen LogP) is 3.82. The van der Waals surface area contributed by atoms with Gasteiger partial charge in [0.15, 0.2) is 0 Å². The van der Waals surface area contributed by atoms with Crippen LogP contribution in [0.4, 0.5) is 5.69 Å². The Balaban J connectivity index is 2.44. The van der Waals surface area contributed by atoms with E-state index in [-0.39, 0.29) is 11.4 Å². The first-order valence-corrected chi connectivity index (χ1v) is 6.00. The average Bonchev–Trinajstić information content (AvgIpc) is 2.42. The number of carbonyl (C=O) groups excluding carboxylic acids is 1. The standard InChI is InChI=1S/C15H13NO4/c1-10-3-6-14(13(7-10)16(18)19)20-15-8-12(9-17)5-4-11(15)2/h3-9H,1-2H3. The fourth-order valence-electron chi connectivity index (χ4n) is 1.77. The van der Waals surface area contributed by atoms with Crippen LogP contribution in [0.3, 0.4) is 0 Å². The molecule has 5 heteroatoms. The third-order valence-electron chi connectivity index (χ3n) is 2.88. The van der Waals surface area contributed by atoms with E-state index in [0.717, 1.165) is 11.1 Å². The van der Waals surface area contributed by atoms with Gasteiger partial charge in [0.25, 0.3) is 0 Å². The maximum Gasteiger partial charge on any atom is 0.311 e. The van der Waals surface area contributed by atoms with Crippen LogP contribution >= 0.6 is 0 Å². The van der Waals surface area contributed by atoms with Gasteiger partial charge < -0.3 is 4.74 Å². The monoisotopic (exact) mass is 271 g/mol. The van der Waals surface area contributed by atoms with Crippen molar-refractivity contribution in [2.75, 3.05) is 0 Å². The second-order valence-corrected chi connectivity index (χ2v) is 4.47. The topological polar surface area (TPSA) is 69.4 Å². The van der Waals surface area contributed by atoms with Gasteiger partial charge >= 0.3 is 5.69 Å². The van der Waals surface area contributed by atoms with Crippen LogP contribution in [0, 0.1) is 24.0 Å². The SMILES string of the molecule is Cc1ccc(Oc2cc(C=O)ccc2C)c([N+](=O)[O-])c1. The third-order valence-corrected chi connectivity index (χ3v) is 2.88. The number of hydrogen-bond donors (Lipinski definition) is 0. The summed E-state index contributed by atoms with van der Waals surface area (Å²) < 4.78 is 5.60. The Bertz CT molecular complexity index is 680. The number of aryl methyl sites for hydroxylation is 2. The number of nitrogens with zero attached hydrogens (tertiary/aromatic N) is 1. The lowest BCUT2D eigenvalue weighted by Crippen LogP contribution is -1.96. The summed E-state index contributed by atoms with van der Waals surface area (Å²) in [5.41, 5.74) is 1.94. The Morgan fingerprint density at radius 3 is 2.50 bits per heavy atom. The number of benzene rings is 2. The normalized spacial score (nSPS) is 10.1. The first-order chi connectivity index (χ1) is 9.51. The Labute approximate surface area is 116 Å². The van der Waals surface area contributed by atoms with Gasteiger partial charge in [-0.1, -0.05) is 18.2 Å². The molecule has 0 aliphatic heterocycles. The molecule has 0 amide bonds. The van der Waals surface area contributed by atoms with Crippen LogP contribution in [0.25, 0.3) is 0 Å². The number of ether oxygens (including phenoxy) is 1. The maximum atomic E-state index is 11.0. The average molecular weight is 271 g/mol. The molecule has 0 saturated heterocycles. The highest BCUT2D eigenvalue weighted by Crippen LogP contribution is 2.33. The molecule has 0 bridgehead atoms. The highest BCUT2D eigenvalue weighted by molar-refractivity contribution is 5.76. The summed E-state index contributed by atoms with van der Waals surface area (Å²) >= 11 is 0. The summed E-state index contributed by atoms with van der Waals surface area (Å²) in [6.45, 7) is 3.58. The van der Waals surface area contributed by atoms with Gasteiger partial charge in [0.2, 0.25) is 5.75 Å². The van der Waals surface area contributed by atoms with Crippen LogP contribution in [-0.2, 0) is 0 Å². The lowest BCUT2D eigenvalue weighted by Gasteiger charge is -2.10. The van der Waals surface area contributed by atoms with Gasteiger partial charge in [-0.15, -0.1) is 0 Å². The second-order valence-electron chi connectivity index (χ2n) is 4.47. The van der Waals surface area contributed by atoms with Crippen molar-refractivity contribution < 1.29 is 14.5 Å². The molecule has 102 valence electrons. The van der Waals surface area contributed by atoms with Crippen LogP contribution in [0.2, 0.25) is 0 Å². The van der Waals surface area contributed by atoms with Crippen molar-refractivity contribution in [1.29, 1.82) is 0 Å². The molecule has 0 unspecified atom stereocenters. The summed E-state index contributed by atoms with van der Waals surface area (Å²) in [4.78, 5) is 21.3. The molecule has 0 radical (unpaired) electrons. The maximum absolute atomic E-state index is 11.0. The quantitative estimate of drug-likeness (QED) is 0.481. The van der Waals surface area contributed by atoms with E-state index in [1.165, 1.54) is 6.07 Å². The lowest BCUT2D eigenvalue weighted by atomic mass is 10.1. The van der Waals surface area contributed by atoms with Crippen LogP contribution in [-0.4, -0.2) is 11.2 Å². The highest BCUT2D eigenvalue weighted by Gasteiger charge is 2.16. The van der Waals surface area contributed by atoms with Crippen LogP contribution < -0.4 is 4.74 Å². The van der Waals surface area contributed by atoms with E-state index in [2.05, 4.69) is 0 Å². The van der Waals surface area contributed by atoms with Gasteiger partial charge in [-0.3, -0.25) is 14.9 Å². The van der Waals surface area contributed by atoms with Gasteiger partial charge in [0.1, 0.15) is 12.0 Å². The summed E-state index contributed by atoms with van der Waals surface area (Å²) in [5.74, 6) is 0.591. The fraction of sp³-hybridized carbons (Fsp3) is 0.133. The lowest BCUT2D eigenvalue weighted by molar-refractivity contribution is -0.385. The minimum absolute atomic E-state index is 0.0964. The second kappa shape index (κ2) is 5.52. The molecule has 2 aromatic carbocycles. The van der Waals surface area contributed by atoms with E-state index < -0.39 is 4.92 Å². The van der Waals surface area contributed by atoms with Crippen molar-refractivity contribution in [3.63, 3.8) is 0 Å². The molecule has 0 aromatic heterocycles. The Hall–Kier alpha value is -2.69. The van der Waals surface area contributed by atoms with E-state index in [0.29, 0.717) is 17.6 Å². The predicted molar refractivity (Wildman–Crippen MR) is 74.5 cm³/mol. The van der Waals surface area contributed by atoms with E-state index >= 15 is 0 Å². The third kappa shape index (κ3) is 2.83. The molecule has 0 spiro atoms. The molecular weight excluding hydrogens is 258 g/mol. The highest BCUT2D eigenvalue weighted by atomic mass is 16.6. The van der Waals surface area contributed by atoms with Crippen molar-refractivity contribution in [3.05, 3.63) is 63.2 Å². The smallest absolute Gasteiger partial charge is 0.311 e. The summed E-state index contributed by atoms with van der Waals surface area (Å²) in [6.07, 6.45) is 0.704. The molecule has 0 aliphatic carbocycles. The zero-order chi connectivity index (χ0) is 14.7. The van der Waals surface area contributed by atoms with E-state index in [1.807, 2.05) is 6.92 Å². The number of hydrogen-bond acceptors (Lipinski definition) is 4. The Morgan fingerprint density at radius 2 is 1.85 bits per heavy atom. The van der Waals surface area contributed by atoms with Crippen molar-refractivity contribution >= 4 is 12.0 Å². The van der Waals surface area contributed by atoms with Crippen molar-refractivity contribution in [3.8, 4) is 11.5 Å². The van der Waals surface area contributed by atoms with E-state index in [1.54, 1.807) is 37.3 Å². The molecule has 0 saturated carbocycles. The molecule has 0 heterocycles. The number of carbonyl (C=O) groups is 1. The zero-order valence-electron chi connectivity index (χ0n) is 11.1. The first kappa shape index (κ1) is 13.7. The van der Waals surface area contributed by atoms with E-state index in [9.17, 15) is 14.9 Å². The fourth-order valence-corrected chi connectivity index (χ4v) is 1.77. The van der Waals surface area contributed by atoms with Crippen molar-refractivity contribution in [2.45, 2.75) is 13.8 Å². The molecule has 0 aliphatic rings. The largest absolute Gasteiger partial charge is 0.450 e. The van der Waals surface area contributed by atoms with Crippen molar-refractivity contribution in [2.24, 2.45) is 0 Å². The summed E-state index contributed by atoms with van der Waals surface area (Å²) in [5, 5.41) is 11.0. The molecule has 2 rings (SSSR count). The van der Waals surface area contributed by atoms with Crippen LogP contribution in [0.1, 0.15) is 21.5 Å². The molecular formula is C15H13NO4. The number of aldehydes is 1. The number of nitro benzene ring substituents is 1. The molecule has 0 fully saturated rings. The molecule has 2 aromatic rings. The molecule has 0 N–H and O–H groups in total. The van der Waals surface area contributed by atoms with Gasteiger partial charge in [-0.2, -0.15) is 0 Å². The minimum atomic E-state index is -0.485. The Morgan fingerprint density at radius 1 is 1.10 bits per heavy atom. The molecule has 5 nitrogen and oxygen atoms in total. The molecule has 20 heavy (non-hydrogen) atoms. The van der Waals surface area contributed by atoms with E-state index in [4.69, 9.17) is 4.74 Å². The first-order valence-electron chi connectivity index (χ1n) is 6.00. The van der Waals surface area contributed by atoms with Gasteiger partial charge in [-0.05, 0) is 37.1 Å². The van der Waals surface area contributed by atoms with Gasteiger partial charge in [0.05, 0.1) is 4.92 Å². The Kier molecular flexibility index (Phi) is 3.79. The summed E-state index contributed by atoms with van der Waals surface area (Å²) in [6, 6.07) is 9.71. The number of nitro groups is 1.